The summed E-state index contributed by atoms with van der Waals surface area (Å²) in [5, 5.41) is 11.1. The first-order valence-electron chi connectivity index (χ1n) is 4.31. The van der Waals surface area contributed by atoms with Crippen molar-refractivity contribution in [2.45, 2.75) is 13.3 Å². The minimum absolute atomic E-state index is 0.319. The van der Waals surface area contributed by atoms with Crippen molar-refractivity contribution in [3.05, 3.63) is 0 Å². The molecule has 0 spiro atoms. The Kier molecular flexibility index (Phi) is 7.89. The molecule has 2 N–H and O–H groups in total. The molecule has 0 atom stereocenters. The number of rotatable bonds is 1. The molecule has 0 aliphatic carbocycles. The molecule has 1 aliphatic heterocycles. The quantitative estimate of drug-likeness (QED) is 0.563. The molecule has 0 aromatic heterocycles. The Balaban J connectivity index is 0.000000218. The highest BCUT2D eigenvalue weighted by molar-refractivity contribution is 4.62. The summed E-state index contributed by atoms with van der Waals surface area (Å²) in [5.74, 6) is 0. The second kappa shape index (κ2) is 7.98. The summed E-state index contributed by atoms with van der Waals surface area (Å²) in [4.78, 5) is 2.33. The van der Waals surface area contributed by atoms with Crippen LogP contribution in [0.4, 0.5) is 0 Å². The Morgan fingerprint density at radius 1 is 1.36 bits per heavy atom. The van der Waals surface area contributed by atoms with Gasteiger partial charge in [-0.25, -0.2) is 0 Å². The van der Waals surface area contributed by atoms with Crippen molar-refractivity contribution < 1.29 is 5.11 Å². The minimum Gasteiger partial charge on any atom is -0.396 e. The normalized spacial score (nSPS) is 18.8. The fourth-order valence-electron chi connectivity index (χ4n) is 0.777. The zero-order chi connectivity index (χ0) is 8.53. The number of hydrogen-bond donors (Lipinski definition) is 2. The summed E-state index contributed by atoms with van der Waals surface area (Å²) in [5.41, 5.74) is 0. The van der Waals surface area contributed by atoms with Crippen molar-refractivity contribution in [1.82, 2.24) is 10.2 Å². The monoisotopic (exact) mass is 160 g/mol. The van der Waals surface area contributed by atoms with Gasteiger partial charge in [0.25, 0.3) is 0 Å². The SMILES string of the molecule is CCCO.CN1CCNCC1. The first-order chi connectivity index (χ1) is 5.31. The van der Waals surface area contributed by atoms with Gasteiger partial charge >= 0.3 is 0 Å². The minimum atomic E-state index is 0.319. The highest BCUT2D eigenvalue weighted by Crippen LogP contribution is 1.83. The van der Waals surface area contributed by atoms with E-state index in [0.29, 0.717) is 6.61 Å². The van der Waals surface area contributed by atoms with Crippen LogP contribution < -0.4 is 5.32 Å². The van der Waals surface area contributed by atoms with Gasteiger partial charge in [-0.2, -0.15) is 0 Å². The molecule has 0 radical (unpaired) electrons. The maximum absolute atomic E-state index is 7.88. The fraction of sp³-hybridized carbons (Fsp3) is 1.00. The van der Waals surface area contributed by atoms with Gasteiger partial charge in [0, 0.05) is 32.8 Å². The van der Waals surface area contributed by atoms with E-state index in [1.807, 2.05) is 6.92 Å². The van der Waals surface area contributed by atoms with E-state index in [4.69, 9.17) is 5.11 Å². The van der Waals surface area contributed by atoms with Crippen molar-refractivity contribution in [2.75, 3.05) is 39.8 Å². The van der Waals surface area contributed by atoms with E-state index in [1.165, 1.54) is 13.1 Å². The van der Waals surface area contributed by atoms with Gasteiger partial charge in [-0.15, -0.1) is 0 Å². The molecule has 0 amide bonds. The van der Waals surface area contributed by atoms with E-state index >= 15 is 0 Å². The summed E-state index contributed by atoms with van der Waals surface area (Å²) in [6, 6.07) is 0. The molecule has 0 bridgehead atoms. The molecule has 0 aromatic rings. The summed E-state index contributed by atoms with van der Waals surface area (Å²) in [7, 11) is 2.15. The summed E-state index contributed by atoms with van der Waals surface area (Å²) < 4.78 is 0. The molecule has 1 saturated heterocycles. The molecule has 1 fully saturated rings. The maximum atomic E-state index is 7.88. The van der Waals surface area contributed by atoms with Crippen molar-refractivity contribution in [3.63, 3.8) is 0 Å². The van der Waals surface area contributed by atoms with Gasteiger partial charge in [0.1, 0.15) is 0 Å². The standard InChI is InChI=1S/C5H12N2.C3H8O/c1-7-4-2-6-3-5-7;1-2-3-4/h6H,2-5H2,1H3;4H,2-3H2,1H3. The van der Waals surface area contributed by atoms with E-state index in [9.17, 15) is 0 Å². The van der Waals surface area contributed by atoms with E-state index < -0.39 is 0 Å². The van der Waals surface area contributed by atoms with Gasteiger partial charge in [0.05, 0.1) is 0 Å². The second-order valence-electron chi connectivity index (χ2n) is 2.78. The Morgan fingerprint density at radius 3 is 2.00 bits per heavy atom. The van der Waals surface area contributed by atoms with Crippen LogP contribution in [-0.2, 0) is 0 Å². The smallest absolute Gasteiger partial charge is 0.0428 e. The third-order valence-corrected chi connectivity index (χ3v) is 1.56. The molecule has 0 unspecified atom stereocenters. The van der Waals surface area contributed by atoms with Crippen LogP contribution in [-0.4, -0.2) is 49.8 Å². The van der Waals surface area contributed by atoms with Crippen LogP contribution in [0.3, 0.4) is 0 Å². The predicted octanol–water partition coefficient (Wildman–Crippen LogP) is -0.0899. The van der Waals surface area contributed by atoms with Gasteiger partial charge in [0.15, 0.2) is 0 Å². The third-order valence-electron chi connectivity index (χ3n) is 1.56. The lowest BCUT2D eigenvalue weighted by atomic mass is 10.4. The van der Waals surface area contributed by atoms with Gasteiger partial charge in [-0.1, -0.05) is 6.92 Å². The number of aliphatic hydroxyl groups excluding tert-OH is 1. The van der Waals surface area contributed by atoms with E-state index in [-0.39, 0.29) is 0 Å². The zero-order valence-corrected chi connectivity index (χ0v) is 7.64. The molecule has 11 heavy (non-hydrogen) atoms. The van der Waals surface area contributed by atoms with Crippen LogP contribution in [0.5, 0.6) is 0 Å². The average molecular weight is 160 g/mol. The van der Waals surface area contributed by atoms with Crippen molar-refractivity contribution in [3.8, 4) is 0 Å². The number of hydrogen-bond acceptors (Lipinski definition) is 3. The maximum Gasteiger partial charge on any atom is 0.0428 e. The van der Waals surface area contributed by atoms with Crippen LogP contribution in [0.2, 0.25) is 0 Å². The third kappa shape index (κ3) is 7.78. The Bertz CT molecular complexity index is 70.5. The molecule has 1 rings (SSSR count). The Hall–Kier alpha value is -0.120. The molecule has 3 nitrogen and oxygen atoms in total. The van der Waals surface area contributed by atoms with Gasteiger partial charge in [-0.05, 0) is 13.5 Å². The number of likely N-dealkylation sites (N-methyl/N-ethyl adjacent to an activating group) is 1. The van der Waals surface area contributed by atoms with Gasteiger partial charge in [-0.3, -0.25) is 0 Å². The summed E-state index contributed by atoms with van der Waals surface area (Å²) in [6.07, 6.45) is 0.875. The first-order valence-corrected chi connectivity index (χ1v) is 4.31. The topological polar surface area (TPSA) is 35.5 Å². The number of nitrogens with zero attached hydrogens (tertiary/aromatic N) is 1. The highest BCUT2D eigenvalue weighted by Gasteiger charge is 2.01. The lowest BCUT2D eigenvalue weighted by Crippen LogP contribution is -2.40. The van der Waals surface area contributed by atoms with Crippen LogP contribution in [0, 0.1) is 0 Å². The fourth-order valence-corrected chi connectivity index (χ4v) is 0.777. The summed E-state index contributed by atoms with van der Waals surface area (Å²) >= 11 is 0. The molecular weight excluding hydrogens is 140 g/mol. The summed E-state index contributed by atoms with van der Waals surface area (Å²) in [6.45, 7) is 6.99. The van der Waals surface area contributed by atoms with E-state index in [0.717, 1.165) is 19.5 Å². The molecular formula is C8H20N2O. The lowest BCUT2D eigenvalue weighted by molar-refractivity contribution is 0.291. The highest BCUT2D eigenvalue weighted by atomic mass is 16.2. The average Bonchev–Trinajstić information content (AvgIpc) is 2.07. The van der Waals surface area contributed by atoms with Crippen molar-refractivity contribution in [1.29, 1.82) is 0 Å². The van der Waals surface area contributed by atoms with Crippen LogP contribution in [0.1, 0.15) is 13.3 Å². The Morgan fingerprint density at radius 2 is 1.82 bits per heavy atom. The molecule has 0 aromatic carbocycles. The predicted molar refractivity (Wildman–Crippen MR) is 47.7 cm³/mol. The van der Waals surface area contributed by atoms with Crippen molar-refractivity contribution in [2.24, 2.45) is 0 Å². The number of aliphatic hydroxyl groups is 1. The molecule has 3 heteroatoms. The molecule has 1 heterocycles. The molecule has 68 valence electrons. The van der Waals surface area contributed by atoms with Crippen molar-refractivity contribution >= 4 is 0 Å². The number of piperazine rings is 1. The van der Waals surface area contributed by atoms with E-state index in [1.54, 1.807) is 0 Å². The largest absolute Gasteiger partial charge is 0.396 e. The van der Waals surface area contributed by atoms with E-state index in [2.05, 4.69) is 17.3 Å². The second-order valence-corrected chi connectivity index (χ2v) is 2.78. The van der Waals surface area contributed by atoms with Gasteiger partial charge < -0.3 is 15.3 Å². The zero-order valence-electron chi connectivity index (χ0n) is 7.64. The first kappa shape index (κ1) is 10.9. The van der Waals surface area contributed by atoms with Crippen LogP contribution >= 0.6 is 0 Å². The molecule has 0 saturated carbocycles. The van der Waals surface area contributed by atoms with Crippen LogP contribution in [0.25, 0.3) is 0 Å². The van der Waals surface area contributed by atoms with Gasteiger partial charge in [0.2, 0.25) is 0 Å². The van der Waals surface area contributed by atoms with Crippen LogP contribution in [0.15, 0.2) is 0 Å². The number of nitrogens with one attached hydrogen (secondary N) is 1. The Labute approximate surface area is 69.4 Å². The molecule has 1 aliphatic rings. The lowest BCUT2D eigenvalue weighted by Gasteiger charge is -2.21.